The van der Waals surface area contributed by atoms with Gasteiger partial charge in [-0.2, -0.15) is 0 Å². The summed E-state index contributed by atoms with van der Waals surface area (Å²) in [5.74, 6) is 3.50. The van der Waals surface area contributed by atoms with Gasteiger partial charge in [0.15, 0.2) is 5.78 Å². The average Bonchev–Trinajstić information content (AvgIpc) is 2.94. The fourth-order valence-corrected chi connectivity index (χ4v) is 5.43. The van der Waals surface area contributed by atoms with Gasteiger partial charge in [0.2, 0.25) is 0 Å². The maximum Gasteiger partial charge on any atom is 0.251 e. The molecule has 0 saturated heterocycles. The Kier molecular flexibility index (Phi) is 2.26. The number of hydrogen-bond donors (Lipinski definition) is 1. The molecule has 3 aliphatic carbocycles. The molecule has 0 spiro atoms. The third-order valence-electron chi connectivity index (χ3n) is 6.36. The Morgan fingerprint density at radius 2 is 1.90 bits per heavy atom. The highest BCUT2D eigenvalue weighted by Crippen LogP contribution is 2.69. The Morgan fingerprint density at radius 3 is 2.67 bits per heavy atom. The van der Waals surface area contributed by atoms with Gasteiger partial charge in [-0.15, -0.1) is 0 Å². The summed E-state index contributed by atoms with van der Waals surface area (Å²) in [6.45, 7) is 0.704. The van der Waals surface area contributed by atoms with E-state index < -0.39 is 0 Å². The molecule has 3 saturated carbocycles. The lowest BCUT2D eigenvalue weighted by Crippen LogP contribution is -2.32. The van der Waals surface area contributed by atoms with Gasteiger partial charge in [0.1, 0.15) is 0 Å². The van der Waals surface area contributed by atoms with E-state index in [1.807, 2.05) is 18.2 Å². The van der Waals surface area contributed by atoms with Crippen LogP contribution < -0.4 is 5.32 Å². The van der Waals surface area contributed by atoms with Crippen LogP contribution in [0.15, 0.2) is 18.2 Å². The Hall–Kier alpha value is -1.64. The van der Waals surface area contributed by atoms with E-state index in [1.165, 1.54) is 19.3 Å². The number of ketones is 1. The van der Waals surface area contributed by atoms with Gasteiger partial charge in [-0.25, -0.2) is 0 Å². The molecular weight excluding hydrogens is 262 g/mol. The van der Waals surface area contributed by atoms with Crippen LogP contribution in [0, 0.1) is 29.6 Å². The molecule has 1 aromatic rings. The molecule has 1 amide bonds. The molecule has 1 aliphatic heterocycles. The highest BCUT2D eigenvalue weighted by molar-refractivity contribution is 6.04. The maximum atomic E-state index is 12.8. The molecule has 1 aromatic carbocycles. The van der Waals surface area contributed by atoms with E-state index in [9.17, 15) is 9.59 Å². The van der Waals surface area contributed by atoms with Crippen LogP contribution in [0.1, 0.15) is 45.5 Å². The number of carbonyl (C=O) groups excluding carboxylic acids is 2. The van der Waals surface area contributed by atoms with E-state index in [0.717, 1.165) is 29.4 Å². The highest BCUT2D eigenvalue weighted by Gasteiger charge is 2.67. The normalized spacial score (nSPS) is 38.7. The van der Waals surface area contributed by atoms with E-state index in [-0.39, 0.29) is 11.8 Å². The second kappa shape index (κ2) is 3.96. The van der Waals surface area contributed by atoms with Crippen molar-refractivity contribution < 1.29 is 9.59 Å². The fraction of sp³-hybridized carbons (Fsp3) is 0.556. The molecule has 0 radical (unpaired) electrons. The van der Waals surface area contributed by atoms with Crippen molar-refractivity contribution in [3.63, 3.8) is 0 Å². The molecule has 21 heavy (non-hydrogen) atoms. The van der Waals surface area contributed by atoms with Crippen LogP contribution in [0.5, 0.6) is 0 Å². The van der Waals surface area contributed by atoms with E-state index in [1.54, 1.807) is 0 Å². The Labute approximate surface area is 124 Å². The molecule has 4 atom stereocenters. The topological polar surface area (TPSA) is 46.2 Å². The van der Waals surface area contributed by atoms with Crippen molar-refractivity contribution >= 4 is 11.7 Å². The van der Waals surface area contributed by atoms with Crippen molar-refractivity contribution in [2.24, 2.45) is 29.6 Å². The van der Waals surface area contributed by atoms with E-state index in [2.05, 4.69) is 5.32 Å². The first-order chi connectivity index (χ1) is 10.2. The molecule has 2 bridgehead atoms. The van der Waals surface area contributed by atoms with Gasteiger partial charge in [-0.05, 0) is 61.0 Å². The zero-order valence-electron chi connectivity index (χ0n) is 12.0. The summed E-state index contributed by atoms with van der Waals surface area (Å²) in [7, 11) is 0. The molecule has 3 fully saturated rings. The summed E-state index contributed by atoms with van der Waals surface area (Å²) in [6, 6.07) is 5.76. The lowest BCUT2D eigenvalue weighted by Gasteiger charge is -2.17. The highest BCUT2D eigenvalue weighted by atomic mass is 16.1. The fourth-order valence-electron chi connectivity index (χ4n) is 5.43. The van der Waals surface area contributed by atoms with Gasteiger partial charge in [0.25, 0.3) is 5.91 Å². The quantitative estimate of drug-likeness (QED) is 0.846. The third-order valence-corrected chi connectivity index (χ3v) is 6.36. The summed E-state index contributed by atoms with van der Waals surface area (Å²) in [4.78, 5) is 24.7. The number of hydrogen-bond acceptors (Lipinski definition) is 2. The number of rotatable bonds is 2. The van der Waals surface area contributed by atoms with E-state index in [0.29, 0.717) is 29.7 Å². The van der Waals surface area contributed by atoms with E-state index in [4.69, 9.17) is 0 Å². The minimum Gasteiger partial charge on any atom is -0.352 e. The van der Waals surface area contributed by atoms with Crippen LogP contribution in [-0.4, -0.2) is 18.2 Å². The zero-order chi connectivity index (χ0) is 14.1. The second-order valence-electron chi connectivity index (χ2n) is 7.26. The summed E-state index contributed by atoms with van der Waals surface area (Å²) in [6.07, 6.45) is 4.91. The largest absolute Gasteiger partial charge is 0.352 e. The van der Waals surface area contributed by atoms with Gasteiger partial charge < -0.3 is 5.32 Å². The van der Waals surface area contributed by atoms with Crippen molar-refractivity contribution in [1.82, 2.24) is 5.32 Å². The molecule has 5 rings (SSSR count). The first-order valence-corrected chi connectivity index (χ1v) is 8.19. The van der Waals surface area contributed by atoms with Gasteiger partial charge in [-0.3, -0.25) is 9.59 Å². The minimum atomic E-state index is -0.0260. The van der Waals surface area contributed by atoms with Crippen LogP contribution in [0.3, 0.4) is 0 Å². The number of nitrogens with one attached hydrogen (secondary N) is 1. The standard InChI is InChI=1S/C18H19NO2/c20-17(16-14-10-2-3-11(7-10)15(14)16)12-4-1-9-5-6-19-18(21)13(9)8-12/h1,4,8,10-11,14-16H,2-3,5-7H2,(H,19,21). The van der Waals surface area contributed by atoms with Crippen LogP contribution in [0.2, 0.25) is 0 Å². The second-order valence-corrected chi connectivity index (χ2v) is 7.26. The molecule has 4 aliphatic rings. The van der Waals surface area contributed by atoms with Crippen molar-refractivity contribution in [3.05, 3.63) is 34.9 Å². The Bertz CT molecular complexity index is 649. The first kappa shape index (κ1) is 12.0. The molecular formula is C18H19NO2. The smallest absolute Gasteiger partial charge is 0.251 e. The molecule has 108 valence electrons. The lowest BCUT2D eigenvalue weighted by molar-refractivity contribution is 0.0944. The van der Waals surface area contributed by atoms with Crippen LogP contribution in [0.25, 0.3) is 0 Å². The van der Waals surface area contributed by atoms with Gasteiger partial charge in [0.05, 0.1) is 0 Å². The summed E-state index contributed by atoms with van der Waals surface area (Å²) in [5, 5.41) is 2.86. The number of benzene rings is 1. The first-order valence-electron chi connectivity index (χ1n) is 8.19. The average molecular weight is 281 g/mol. The number of amides is 1. The van der Waals surface area contributed by atoms with Gasteiger partial charge in [0, 0.05) is 23.6 Å². The monoisotopic (exact) mass is 281 g/mol. The molecule has 4 unspecified atom stereocenters. The van der Waals surface area contributed by atoms with Crippen LogP contribution >= 0.6 is 0 Å². The Morgan fingerprint density at radius 1 is 1.14 bits per heavy atom. The lowest BCUT2D eigenvalue weighted by atomic mass is 9.92. The number of Topliss-reactive ketones (excluding diaryl/α,β-unsaturated/α-hetero) is 1. The van der Waals surface area contributed by atoms with Crippen molar-refractivity contribution in [3.8, 4) is 0 Å². The SMILES string of the molecule is O=C1NCCc2ccc(C(=O)C3C4C5CCC(C5)C34)cc21. The Balaban J connectivity index is 1.45. The number of fused-ring (bicyclic) bond motifs is 6. The van der Waals surface area contributed by atoms with Gasteiger partial charge in [-0.1, -0.05) is 12.1 Å². The predicted octanol–water partition coefficient (Wildman–Crippen LogP) is 2.45. The van der Waals surface area contributed by atoms with Crippen LogP contribution in [-0.2, 0) is 6.42 Å². The predicted molar refractivity (Wildman–Crippen MR) is 78.1 cm³/mol. The maximum absolute atomic E-state index is 12.8. The zero-order valence-corrected chi connectivity index (χ0v) is 12.0. The number of carbonyl (C=O) groups is 2. The summed E-state index contributed by atoms with van der Waals surface area (Å²) in [5.41, 5.74) is 2.54. The minimum absolute atomic E-state index is 0.0260. The molecule has 0 aromatic heterocycles. The molecule has 3 heteroatoms. The third kappa shape index (κ3) is 1.55. The summed E-state index contributed by atoms with van der Waals surface area (Å²) >= 11 is 0. The van der Waals surface area contributed by atoms with E-state index >= 15 is 0 Å². The van der Waals surface area contributed by atoms with Crippen LogP contribution in [0.4, 0.5) is 0 Å². The molecule has 1 N–H and O–H groups in total. The van der Waals surface area contributed by atoms with Crippen molar-refractivity contribution in [2.45, 2.75) is 25.7 Å². The molecule has 3 nitrogen and oxygen atoms in total. The van der Waals surface area contributed by atoms with Gasteiger partial charge >= 0.3 is 0 Å². The molecule has 1 heterocycles. The van der Waals surface area contributed by atoms with Crippen molar-refractivity contribution in [1.29, 1.82) is 0 Å². The van der Waals surface area contributed by atoms with Crippen molar-refractivity contribution in [2.75, 3.05) is 6.54 Å². The summed E-state index contributed by atoms with van der Waals surface area (Å²) < 4.78 is 0.